The Labute approximate surface area is 107 Å². The maximum Gasteiger partial charge on any atom is 0.0938 e. The third-order valence-electron chi connectivity index (χ3n) is 2.22. The summed E-state index contributed by atoms with van der Waals surface area (Å²) in [6.45, 7) is 0. The summed E-state index contributed by atoms with van der Waals surface area (Å²) in [5.74, 6) is 0. The molecule has 16 heavy (non-hydrogen) atoms. The summed E-state index contributed by atoms with van der Waals surface area (Å²) < 4.78 is 0. The lowest BCUT2D eigenvalue weighted by atomic mass is 10.1. The van der Waals surface area contributed by atoms with Crippen LogP contribution in [0.2, 0.25) is 10.0 Å². The van der Waals surface area contributed by atoms with Gasteiger partial charge in [0.15, 0.2) is 0 Å². The molecular formula is C11H9Cl2NOS. The van der Waals surface area contributed by atoms with E-state index >= 15 is 0 Å². The zero-order chi connectivity index (χ0) is 11.5. The van der Waals surface area contributed by atoms with Crippen molar-refractivity contribution in [3.8, 4) is 0 Å². The van der Waals surface area contributed by atoms with Crippen molar-refractivity contribution in [1.82, 2.24) is 4.98 Å². The minimum Gasteiger partial charge on any atom is -0.387 e. The van der Waals surface area contributed by atoms with Crippen LogP contribution in [0.3, 0.4) is 0 Å². The number of aliphatic hydroxyl groups excluding tert-OH is 1. The van der Waals surface area contributed by atoms with Crippen LogP contribution >= 0.6 is 34.5 Å². The quantitative estimate of drug-likeness (QED) is 0.925. The van der Waals surface area contributed by atoms with Crippen LogP contribution in [0.25, 0.3) is 0 Å². The maximum absolute atomic E-state index is 9.95. The number of thiazole rings is 1. The van der Waals surface area contributed by atoms with Crippen LogP contribution in [0.15, 0.2) is 29.9 Å². The van der Waals surface area contributed by atoms with Crippen LogP contribution in [0.5, 0.6) is 0 Å². The predicted molar refractivity (Wildman–Crippen MR) is 67.2 cm³/mol. The van der Waals surface area contributed by atoms with Crippen molar-refractivity contribution in [3.63, 3.8) is 0 Å². The molecule has 1 N–H and O–H groups in total. The summed E-state index contributed by atoms with van der Waals surface area (Å²) in [5, 5.41) is 11.0. The van der Waals surface area contributed by atoms with E-state index in [2.05, 4.69) is 4.98 Å². The fourth-order valence-electron chi connectivity index (χ4n) is 1.41. The molecule has 0 amide bonds. The smallest absolute Gasteiger partial charge is 0.0938 e. The Hall–Kier alpha value is -0.610. The van der Waals surface area contributed by atoms with Crippen molar-refractivity contribution in [2.75, 3.05) is 0 Å². The highest BCUT2D eigenvalue weighted by Crippen LogP contribution is 2.29. The molecule has 2 aromatic rings. The van der Waals surface area contributed by atoms with E-state index in [0.29, 0.717) is 16.5 Å². The first-order valence-electron chi connectivity index (χ1n) is 4.68. The van der Waals surface area contributed by atoms with Crippen LogP contribution in [-0.2, 0) is 6.42 Å². The standard InChI is InChI=1S/C11H9Cl2NOS/c12-8-3-1-2-7(11(8)13)4-9(15)10-5-14-6-16-10/h1-3,5-6,9,15H,4H2. The molecular weight excluding hydrogens is 265 g/mol. The number of aliphatic hydroxyl groups is 1. The lowest BCUT2D eigenvalue weighted by molar-refractivity contribution is 0.182. The second-order valence-electron chi connectivity index (χ2n) is 3.34. The van der Waals surface area contributed by atoms with E-state index in [9.17, 15) is 5.11 Å². The molecule has 2 rings (SSSR count). The number of rotatable bonds is 3. The lowest BCUT2D eigenvalue weighted by Crippen LogP contribution is -2.00. The number of hydrogen-bond acceptors (Lipinski definition) is 3. The molecule has 0 aliphatic rings. The predicted octanol–water partition coefficient (Wildman–Crippen LogP) is 3.73. The fourth-order valence-corrected chi connectivity index (χ4v) is 2.41. The van der Waals surface area contributed by atoms with Crippen LogP contribution < -0.4 is 0 Å². The van der Waals surface area contributed by atoms with Gasteiger partial charge in [0.1, 0.15) is 0 Å². The monoisotopic (exact) mass is 273 g/mol. The van der Waals surface area contributed by atoms with E-state index in [-0.39, 0.29) is 0 Å². The zero-order valence-electron chi connectivity index (χ0n) is 8.23. The summed E-state index contributed by atoms with van der Waals surface area (Å²) in [7, 11) is 0. The van der Waals surface area contributed by atoms with Crippen molar-refractivity contribution in [1.29, 1.82) is 0 Å². The molecule has 0 aliphatic carbocycles. The molecule has 1 aromatic heterocycles. The van der Waals surface area contributed by atoms with E-state index in [4.69, 9.17) is 23.2 Å². The number of aromatic nitrogens is 1. The first-order valence-corrected chi connectivity index (χ1v) is 6.31. The van der Waals surface area contributed by atoms with Gasteiger partial charge < -0.3 is 5.11 Å². The van der Waals surface area contributed by atoms with Gasteiger partial charge in [-0.05, 0) is 11.6 Å². The van der Waals surface area contributed by atoms with Gasteiger partial charge in [0.05, 0.1) is 26.5 Å². The topological polar surface area (TPSA) is 33.1 Å². The molecule has 1 aromatic carbocycles. The van der Waals surface area contributed by atoms with Gasteiger partial charge in [0, 0.05) is 12.6 Å². The third kappa shape index (κ3) is 2.55. The first kappa shape index (κ1) is 11.9. The van der Waals surface area contributed by atoms with Crippen LogP contribution in [0.1, 0.15) is 16.5 Å². The van der Waals surface area contributed by atoms with Crippen LogP contribution in [0.4, 0.5) is 0 Å². The Bertz CT molecular complexity index is 473. The zero-order valence-corrected chi connectivity index (χ0v) is 10.6. The third-order valence-corrected chi connectivity index (χ3v) is 3.96. The Morgan fingerprint density at radius 2 is 2.19 bits per heavy atom. The van der Waals surface area contributed by atoms with Crippen molar-refractivity contribution in [2.24, 2.45) is 0 Å². The summed E-state index contributed by atoms with van der Waals surface area (Å²) in [6, 6.07) is 5.41. The minimum absolute atomic E-state index is 0.446. The maximum atomic E-state index is 9.95. The number of hydrogen-bond donors (Lipinski definition) is 1. The van der Waals surface area contributed by atoms with E-state index in [0.717, 1.165) is 10.4 Å². The molecule has 0 fully saturated rings. The van der Waals surface area contributed by atoms with Gasteiger partial charge in [0.25, 0.3) is 0 Å². The van der Waals surface area contributed by atoms with Gasteiger partial charge in [0.2, 0.25) is 0 Å². The molecule has 84 valence electrons. The van der Waals surface area contributed by atoms with E-state index in [1.54, 1.807) is 17.8 Å². The van der Waals surface area contributed by atoms with Crippen LogP contribution in [0, 0.1) is 0 Å². The Morgan fingerprint density at radius 1 is 1.38 bits per heavy atom. The SMILES string of the molecule is OC(Cc1cccc(Cl)c1Cl)c1cncs1. The summed E-state index contributed by atoms with van der Waals surface area (Å²) in [5.41, 5.74) is 2.54. The largest absolute Gasteiger partial charge is 0.387 e. The highest BCUT2D eigenvalue weighted by atomic mass is 35.5. The van der Waals surface area contributed by atoms with Crippen molar-refractivity contribution in [3.05, 3.63) is 50.4 Å². The van der Waals surface area contributed by atoms with E-state index < -0.39 is 6.10 Å². The molecule has 0 aliphatic heterocycles. The molecule has 0 spiro atoms. The molecule has 1 heterocycles. The minimum atomic E-state index is -0.580. The van der Waals surface area contributed by atoms with Gasteiger partial charge in [-0.3, -0.25) is 4.98 Å². The number of nitrogens with zero attached hydrogens (tertiary/aromatic N) is 1. The van der Waals surface area contributed by atoms with Gasteiger partial charge >= 0.3 is 0 Å². The number of benzene rings is 1. The molecule has 0 saturated heterocycles. The average molecular weight is 274 g/mol. The molecule has 0 saturated carbocycles. The van der Waals surface area contributed by atoms with E-state index in [1.165, 1.54) is 11.3 Å². The Kier molecular flexibility index (Phi) is 3.82. The highest BCUT2D eigenvalue weighted by molar-refractivity contribution is 7.09. The second kappa shape index (κ2) is 5.15. The molecule has 5 heteroatoms. The van der Waals surface area contributed by atoms with E-state index in [1.807, 2.05) is 12.1 Å². The summed E-state index contributed by atoms with van der Waals surface area (Å²) in [6.07, 6.45) is 1.53. The molecule has 2 nitrogen and oxygen atoms in total. The number of halogens is 2. The average Bonchev–Trinajstić information content (AvgIpc) is 2.78. The molecule has 1 unspecified atom stereocenters. The summed E-state index contributed by atoms with van der Waals surface area (Å²) in [4.78, 5) is 4.75. The Morgan fingerprint density at radius 3 is 2.88 bits per heavy atom. The van der Waals surface area contributed by atoms with Crippen LogP contribution in [-0.4, -0.2) is 10.1 Å². The van der Waals surface area contributed by atoms with Gasteiger partial charge in [-0.25, -0.2) is 0 Å². The van der Waals surface area contributed by atoms with Gasteiger partial charge in [-0.1, -0.05) is 35.3 Å². The first-order chi connectivity index (χ1) is 7.68. The Balaban J connectivity index is 2.18. The fraction of sp³-hybridized carbons (Fsp3) is 0.182. The second-order valence-corrected chi connectivity index (χ2v) is 5.04. The molecule has 0 radical (unpaired) electrons. The molecule has 0 bridgehead atoms. The van der Waals surface area contributed by atoms with Gasteiger partial charge in [-0.2, -0.15) is 0 Å². The van der Waals surface area contributed by atoms with Crippen molar-refractivity contribution >= 4 is 34.5 Å². The normalized spacial score (nSPS) is 12.7. The van der Waals surface area contributed by atoms with Crippen molar-refractivity contribution < 1.29 is 5.11 Å². The lowest BCUT2D eigenvalue weighted by Gasteiger charge is -2.10. The highest BCUT2D eigenvalue weighted by Gasteiger charge is 2.13. The van der Waals surface area contributed by atoms with Gasteiger partial charge in [-0.15, -0.1) is 11.3 Å². The summed E-state index contributed by atoms with van der Waals surface area (Å²) >= 11 is 13.4. The molecule has 1 atom stereocenters. The van der Waals surface area contributed by atoms with Crippen molar-refractivity contribution in [2.45, 2.75) is 12.5 Å².